The molecule has 1 aromatic rings. The van der Waals surface area contributed by atoms with Crippen molar-refractivity contribution < 1.29 is 14.4 Å². The lowest BCUT2D eigenvalue weighted by atomic mass is 9.87. The highest BCUT2D eigenvalue weighted by Crippen LogP contribution is 2.19. The average Bonchev–Trinajstić information content (AvgIpc) is 2.49. The number of carbonyl (C=O) groups is 3. The fourth-order valence-corrected chi connectivity index (χ4v) is 2.51. The van der Waals surface area contributed by atoms with Gasteiger partial charge in [0.25, 0.3) is 5.91 Å². The van der Waals surface area contributed by atoms with Crippen LogP contribution in [0.25, 0.3) is 0 Å². The number of Topliss-reactive ketones (excluding diaryl/α,β-unsaturated/α-hetero) is 2. The molecule has 1 amide bonds. The van der Waals surface area contributed by atoms with Gasteiger partial charge < -0.3 is 5.32 Å². The van der Waals surface area contributed by atoms with Gasteiger partial charge in [-0.2, -0.15) is 0 Å². The first-order valence-corrected chi connectivity index (χ1v) is 8.24. The Morgan fingerprint density at radius 3 is 2.30 bits per heavy atom. The number of unbranched alkanes of at least 4 members (excludes halogenated alkanes) is 1. The Labute approximate surface area is 138 Å². The van der Waals surface area contributed by atoms with Crippen molar-refractivity contribution in [3.05, 3.63) is 29.3 Å². The van der Waals surface area contributed by atoms with E-state index in [9.17, 15) is 14.4 Å². The van der Waals surface area contributed by atoms with Gasteiger partial charge in [0.15, 0.2) is 0 Å². The summed E-state index contributed by atoms with van der Waals surface area (Å²) in [7, 11) is 0. The molecule has 0 radical (unpaired) electrons. The van der Waals surface area contributed by atoms with Gasteiger partial charge in [-0.05, 0) is 31.9 Å². The molecule has 0 spiro atoms. The van der Waals surface area contributed by atoms with E-state index in [1.165, 1.54) is 0 Å². The molecule has 0 saturated carbocycles. The summed E-state index contributed by atoms with van der Waals surface area (Å²) in [5.74, 6) is -2.57. The van der Waals surface area contributed by atoms with Crippen molar-refractivity contribution in [2.75, 3.05) is 5.32 Å². The van der Waals surface area contributed by atoms with Crippen LogP contribution in [0.3, 0.4) is 0 Å². The molecule has 0 fully saturated rings. The summed E-state index contributed by atoms with van der Waals surface area (Å²) >= 11 is 0. The third kappa shape index (κ3) is 5.31. The predicted molar refractivity (Wildman–Crippen MR) is 92.4 cm³/mol. The van der Waals surface area contributed by atoms with E-state index in [4.69, 9.17) is 0 Å². The summed E-state index contributed by atoms with van der Waals surface area (Å²) in [5.41, 5.74) is 2.59. The van der Waals surface area contributed by atoms with E-state index in [2.05, 4.69) is 5.32 Å². The first kappa shape index (κ1) is 19.1. The van der Waals surface area contributed by atoms with Crippen LogP contribution in [0.15, 0.2) is 18.2 Å². The number of aryl methyl sites for hydroxylation is 2. The van der Waals surface area contributed by atoms with Crippen molar-refractivity contribution >= 4 is 23.2 Å². The fourth-order valence-electron chi connectivity index (χ4n) is 2.51. The monoisotopic (exact) mass is 317 g/mol. The second-order valence-electron chi connectivity index (χ2n) is 6.39. The second kappa shape index (κ2) is 8.61. The smallest absolute Gasteiger partial charge is 0.292 e. The van der Waals surface area contributed by atoms with Gasteiger partial charge in [0.2, 0.25) is 5.78 Å². The van der Waals surface area contributed by atoms with Crippen LogP contribution >= 0.6 is 0 Å². The summed E-state index contributed by atoms with van der Waals surface area (Å²) in [6, 6.07) is 5.59. The molecule has 1 N–H and O–H groups in total. The lowest BCUT2D eigenvalue weighted by Gasteiger charge is -2.17. The van der Waals surface area contributed by atoms with Gasteiger partial charge in [-0.1, -0.05) is 51.3 Å². The van der Waals surface area contributed by atoms with Gasteiger partial charge in [-0.25, -0.2) is 0 Å². The van der Waals surface area contributed by atoms with Crippen LogP contribution in [-0.4, -0.2) is 17.5 Å². The Bertz CT molecular complexity index is 590. The quantitative estimate of drug-likeness (QED) is 0.585. The first-order valence-electron chi connectivity index (χ1n) is 8.24. The number of nitrogens with one attached hydrogen (secondary N) is 1. The van der Waals surface area contributed by atoms with Crippen molar-refractivity contribution in [1.82, 2.24) is 0 Å². The van der Waals surface area contributed by atoms with Crippen molar-refractivity contribution in [1.29, 1.82) is 0 Å². The highest BCUT2D eigenvalue weighted by atomic mass is 16.2. The third-order valence-corrected chi connectivity index (χ3v) is 3.93. The van der Waals surface area contributed by atoms with Crippen LogP contribution < -0.4 is 5.32 Å². The van der Waals surface area contributed by atoms with Gasteiger partial charge >= 0.3 is 0 Å². The van der Waals surface area contributed by atoms with Gasteiger partial charge in [0.1, 0.15) is 5.78 Å². The van der Waals surface area contributed by atoms with Gasteiger partial charge in [-0.3, -0.25) is 14.4 Å². The largest absolute Gasteiger partial charge is 0.319 e. The molecular weight excluding hydrogens is 290 g/mol. The number of ketones is 2. The first-order chi connectivity index (χ1) is 10.8. The van der Waals surface area contributed by atoms with E-state index in [1.54, 1.807) is 19.9 Å². The Hall–Kier alpha value is -1.97. The zero-order chi connectivity index (χ0) is 17.6. The van der Waals surface area contributed by atoms with E-state index in [0.717, 1.165) is 24.0 Å². The van der Waals surface area contributed by atoms with Crippen molar-refractivity contribution in [2.45, 2.75) is 53.9 Å². The van der Waals surface area contributed by atoms with E-state index in [0.29, 0.717) is 12.1 Å². The SMILES string of the molecule is CCCCC(C(=O)C(=O)Nc1ccc(C)cc1C)C(=O)C(C)C. The summed E-state index contributed by atoms with van der Waals surface area (Å²) in [4.78, 5) is 37.0. The Morgan fingerprint density at radius 1 is 1.13 bits per heavy atom. The molecule has 1 unspecified atom stereocenters. The molecule has 4 nitrogen and oxygen atoms in total. The summed E-state index contributed by atoms with van der Waals surface area (Å²) in [5, 5.41) is 2.65. The molecule has 0 aliphatic carbocycles. The molecule has 1 aromatic carbocycles. The zero-order valence-corrected chi connectivity index (χ0v) is 14.7. The summed E-state index contributed by atoms with van der Waals surface area (Å²) in [6.07, 6.45) is 2.08. The van der Waals surface area contributed by atoms with E-state index < -0.39 is 17.6 Å². The lowest BCUT2D eigenvalue weighted by Crippen LogP contribution is -2.36. The van der Waals surface area contributed by atoms with Crippen LogP contribution in [0.2, 0.25) is 0 Å². The Balaban J connectivity index is 2.89. The number of hydrogen-bond acceptors (Lipinski definition) is 3. The minimum Gasteiger partial charge on any atom is -0.319 e. The number of amides is 1. The Morgan fingerprint density at radius 2 is 1.78 bits per heavy atom. The van der Waals surface area contributed by atoms with Gasteiger partial charge in [0, 0.05) is 11.6 Å². The molecule has 0 saturated heterocycles. The van der Waals surface area contributed by atoms with Crippen molar-refractivity contribution in [2.24, 2.45) is 11.8 Å². The van der Waals surface area contributed by atoms with Gasteiger partial charge in [0.05, 0.1) is 5.92 Å². The minimum atomic E-state index is -0.833. The lowest BCUT2D eigenvalue weighted by molar-refractivity contribution is -0.142. The van der Waals surface area contributed by atoms with Crippen molar-refractivity contribution in [3.8, 4) is 0 Å². The highest BCUT2D eigenvalue weighted by Gasteiger charge is 2.32. The zero-order valence-electron chi connectivity index (χ0n) is 14.7. The van der Waals surface area contributed by atoms with Gasteiger partial charge in [-0.15, -0.1) is 0 Å². The maximum absolute atomic E-state index is 12.4. The van der Waals surface area contributed by atoms with E-state index in [1.807, 2.05) is 32.9 Å². The normalized spacial score (nSPS) is 12.1. The molecule has 4 heteroatoms. The maximum atomic E-state index is 12.4. The Kier molecular flexibility index (Phi) is 7.14. The summed E-state index contributed by atoms with van der Waals surface area (Å²) < 4.78 is 0. The van der Waals surface area contributed by atoms with Crippen LogP contribution in [-0.2, 0) is 14.4 Å². The molecule has 23 heavy (non-hydrogen) atoms. The molecule has 0 bridgehead atoms. The average molecular weight is 317 g/mol. The highest BCUT2D eigenvalue weighted by molar-refractivity contribution is 6.44. The molecule has 0 aliphatic heterocycles. The second-order valence-corrected chi connectivity index (χ2v) is 6.39. The minimum absolute atomic E-state index is 0.153. The molecule has 126 valence electrons. The number of carbonyl (C=O) groups excluding carboxylic acids is 3. The molecule has 1 rings (SSSR count). The molecule has 0 heterocycles. The van der Waals surface area contributed by atoms with Crippen LogP contribution in [0.5, 0.6) is 0 Å². The molecular formula is C19H27NO3. The molecule has 1 atom stereocenters. The van der Waals surface area contributed by atoms with E-state index in [-0.39, 0.29) is 11.7 Å². The number of anilines is 1. The molecule has 0 aromatic heterocycles. The van der Waals surface area contributed by atoms with Crippen LogP contribution in [0.4, 0.5) is 5.69 Å². The fraction of sp³-hybridized carbons (Fsp3) is 0.526. The van der Waals surface area contributed by atoms with Crippen LogP contribution in [0.1, 0.15) is 51.2 Å². The van der Waals surface area contributed by atoms with E-state index >= 15 is 0 Å². The third-order valence-electron chi connectivity index (χ3n) is 3.93. The summed E-state index contributed by atoms with van der Waals surface area (Å²) in [6.45, 7) is 9.36. The topological polar surface area (TPSA) is 63.2 Å². The maximum Gasteiger partial charge on any atom is 0.292 e. The molecule has 0 aliphatic rings. The number of hydrogen-bond donors (Lipinski definition) is 1. The number of rotatable bonds is 8. The number of benzene rings is 1. The predicted octanol–water partition coefficient (Wildman–Crippen LogP) is 3.84. The van der Waals surface area contributed by atoms with Crippen LogP contribution in [0, 0.1) is 25.7 Å². The van der Waals surface area contributed by atoms with Crippen molar-refractivity contribution in [3.63, 3.8) is 0 Å². The standard InChI is InChI=1S/C19H27NO3/c1-6-7-8-15(17(21)12(2)3)18(22)19(23)20-16-10-9-13(4)11-14(16)5/h9-12,15H,6-8H2,1-5H3,(H,20,23).